The van der Waals surface area contributed by atoms with Crippen LogP contribution >= 0.6 is 0 Å². The summed E-state index contributed by atoms with van der Waals surface area (Å²) in [5.41, 5.74) is 5.63. The summed E-state index contributed by atoms with van der Waals surface area (Å²) in [6.07, 6.45) is -3.01. The molecule has 1 aliphatic rings. The summed E-state index contributed by atoms with van der Waals surface area (Å²) in [6, 6.07) is 1.39. The average molecular weight is 221 g/mol. The minimum absolute atomic E-state index is 0.0904. The second kappa shape index (κ2) is 4.81. The number of nitrogens with two attached hydrogens (primary N) is 1. The van der Waals surface area contributed by atoms with Gasteiger partial charge < -0.3 is 10.6 Å². The number of hydrogen-bond donors (Lipinski definition) is 1. The Morgan fingerprint density at radius 3 is 2.33 bits per heavy atom. The minimum atomic E-state index is -4.42. The predicted octanol–water partition coefficient (Wildman–Crippen LogP) is 1.11. The molecule has 1 saturated heterocycles. The Hall–Kier alpha value is -0.800. The van der Waals surface area contributed by atoms with Crippen molar-refractivity contribution >= 4 is 0 Å². The lowest BCUT2D eigenvalue weighted by Gasteiger charge is -2.31. The number of alkyl halides is 3. The normalized spacial score (nSPS) is 22.3. The molecule has 0 aliphatic carbocycles. The maximum Gasteiger partial charge on any atom is 0.405 e. The molecule has 0 spiro atoms. The molecule has 1 atom stereocenters. The second-order valence-electron chi connectivity index (χ2n) is 3.86. The van der Waals surface area contributed by atoms with E-state index in [0.717, 1.165) is 0 Å². The van der Waals surface area contributed by atoms with Gasteiger partial charge in [-0.15, -0.1) is 0 Å². The van der Waals surface area contributed by atoms with E-state index in [1.165, 1.54) is 6.07 Å². The quantitative estimate of drug-likeness (QED) is 0.760. The van der Waals surface area contributed by atoms with Gasteiger partial charge in [0.1, 0.15) is 0 Å². The highest BCUT2D eigenvalue weighted by Crippen LogP contribution is 2.27. The molecule has 0 aromatic rings. The van der Waals surface area contributed by atoms with Crippen LogP contribution in [0.2, 0.25) is 0 Å². The van der Waals surface area contributed by atoms with E-state index in [1.807, 2.05) is 0 Å². The molecule has 15 heavy (non-hydrogen) atoms. The predicted molar refractivity (Wildman–Crippen MR) is 48.8 cm³/mol. The van der Waals surface area contributed by atoms with Gasteiger partial charge in [-0.1, -0.05) is 0 Å². The van der Waals surface area contributed by atoms with Crippen molar-refractivity contribution in [3.63, 3.8) is 0 Å². The van der Waals surface area contributed by atoms with E-state index in [-0.39, 0.29) is 12.6 Å². The van der Waals surface area contributed by atoms with E-state index >= 15 is 0 Å². The third-order valence-corrected chi connectivity index (χ3v) is 2.62. The van der Waals surface area contributed by atoms with Crippen LogP contribution in [-0.4, -0.2) is 36.8 Å². The number of hydrogen-bond acceptors (Lipinski definition) is 3. The molecule has 1 aliphatic heterocycles. The fourth-order valence-electron chi connectivity index (χ4n) is 1.61. The fraction of sp³-hybridized carbons (Fsp3) is 0.889. The van der Waals surface area contributed by atoms with Gasteiger partial charge in [0, 0.05) is 12.6 Å². The summed E-state index contributed by atoms with van der Waals surface area (Å²) >= 11 is 0. The van der Waals surface area contributed by atoms with Crippen molar-refractivity contribution in [1.29, 1.82) is 5.26 Å². The lowest BCUT2D eigenvalue weighted by atomic mass is 10.0. The van der Waals surface area contributed by atoms with E-state index < -0.39 is 12.1 Å². The molecule has 0 saturated carbocycles. The zero-order valence-electron chi connectivity index (χ0n) is 8.30. The lowest BCUT2D eigenvalue weighted by molar-refractivity contribution is -0.163. The first-order valence-electron chi connectivity index (χ1n) is 4.87. The van der Waals surface area contributed by atoms with Gasteiger partial charge in [-0.25, -0.2) is 0 Å². The number of halogens is 3. The topological polar surface area (TPSA) is 53.0 Å². The standard InChI is InChI=1S/C9H14F3N3/c10-9(11,12)7(5-13)6-15-3-1-8(14)2-4-15/h7-8H,1-4,6,14H2. The van der Waals surface area contributed by atoms with Gasteiger partial charge in [0.15, 0.2) is 5.92 Å². The van der Waals surface area contributed by atoms with Crippen LogP contribution in [0.3, 0.4) is 0 Å². The van der Waals surface area contributed by atoms with Crippen molar-refractivity contribution in [1.82, 2.24) is 4.90 Å². The third-order valence-electron chi connectivity index (χ3n) is 2.62. The Bertz CT molecular complexity index is 238. The van der Waals surface area contributed by atoms with Gasteiger partial charge in [0.2, 0.25) is 0 Å². The van der Waals surface area contributed by atoms with Gasteiger partial charge in [0.05, 0.1) is 6.07 Å². The summed E-state index contributed by atoms with van der Waals surface area (Å²) in [7, 11) is 0. The van der Waals surface area contributed by atoms with Gasteiger partial charge in [0.25, 0.3) is 0 Å². The molecule has 1 rings (SSSR count). The molecule has 6 heteroatoms. The van der Waals surface area contributed by atoms with Crippen molar-refractivity contribution < 1.29 is 13.2 Å². The summed E-state index contributed by atoms with van der Waals surface area (Å²) in [5, 5.41) is 8.42. The van der Waals surface area contributed by atoms with Crippen molar-refractivity contribution in [3.8, 4) is 6.07 Å². The van der Waals surface area contributed by atoms with Crippen molar-refractivity contribution in [2.75, 3.05) is 19.6 Å². The van der Waals surface area contributed by atoms with Gasteiger partial charge in [-0.3, -0.25) is 0 Å². The van der Waals surface area contributed by atoms with Crippen LogP contribution in [0.4, 0.5) is 13.2 Å². The van der Waals surface area contributed by atoms with Gasteiger partial charge >= 0.3 is 6.18 Å². The van der Waals surface area contributed by atoms with Crippen molar-refractivity contribution in [2.45, 2.75) is 25.1 Å². The van der Waals surface area contributed by atoms with E-state index in [1.54, 1.807) is 4.90 Å². The largest absolute Gasteiger partial charge is 0.405 e. The number of nitrogens with zero attached hydrogens (tertiary/aromatic N) is 2. The average Bonchev–Trinajstić information content (AvgIpc) is 2.15. The van der Waals surface area contributed by atoms with Crippen LogP contribution in [0, 0.1) is 17.2 Å². The molecule has 86 valence electrons. The zero-order valence-corrected chi connectivity index (χ0v) is 8.30. The molecule has 1 fully saturated rings. The Balaban J connectivity index is 2.44. The summed E-state index contributed by atoms with van der Waals surface area (Å²) in [5.74, 6) is -1.88. The van der Waals surface area contributed by atoms with Gasteiger partial charge in [-0.2, -0.15) is 18.4 Å². The van der Waals surface area contributed by atoms with Crippen LogP contribution in [0.15, 0.2) is 0 Å². The SMILES string of the molecule is N#CC(CN1CCC(N)CC1)C(F)(F)F. The molecule has 0 amide bonds. The third kappa shape index (κ3) is 3.68. The summed E-state index contributed by atoms with van der Waals surface area (Å²) in [6.45, 7) is 0.873. The zero-order chi connectivity index (χ0) is 11.5. The van der Waals surface area contributed by atoms with Gasteiger partial charge in [-0.05, 0) is 25.9 Å². The maximum atomic E-state index is 12.3. The number of piperidine rings is 1. The Labute approximate surface area is 86.6 Å². The maximum absolute atomic E-state index is 12.3. The van der Waals surface area contributed by atoms with Crippen molar-refractivity contribution in [3.05, 3.63) is 0 Å². The van der Waals surface area contributed by atoms with E-state index in [4.69, 9.17) is 11.0 Å². The van der Waals surface area contributed by atoms with Crippen LogP contribution in [-0.2, 0) is 0 Å². The molecule has 0 bridgehead atoms. The summed E-state index contributed by atoms with van der Waals surface area (Å²) in [4.78, 5) is 1.66. The molecular formula is C9H14F3N3. The lowest BCUT2D eigenvalue weighted by Crippen LogP contribution is -2.43. The van der Waals surface area contributed by atoms with Crippen LogP contribution < -0.4 is 5.73 Å². The first-order valence-corrected chi connectivity index (χ1v) is 4.87. The van der Waals surface area contributed by atoms with E-state index in [0.29, 0.717) is 25.9 Å². The van der Waals surface area contributed by atoms with Crippen LogP contribution in [0.5, 0.6) is 0 Å². The Kier molecular flexibility index (Phi) is 3.94. The minimum Gasteiger partial charge on any atom is -0.328 e. The van der Waals surface area contributed by atoms with Crippen LogP contribution in [0.1, 0.15) is 12.8 Å². The number of likely N-dealkylation sites (tertiary alicyclic amines) is 1. The highest BCUT2D eigenvalue weighted by atomic mass is 19.4. The highest BCUT2D eigenvalue weighted by molar-refractivity contribution is 4.91. The Morgan fingerprint density at radius 2 is 1.93 bits per heavy atom. The molecule has 0 aromatic carbocycles. The van der Waals surface area contributed by atoms with Crippen LogP contribution in [0.25, 0.3) is 0 Å². The molecular weight excluding hydrogens is 207 g/mol. The molecule has 1 heterocycles. The molecule has 3 nitrogen and oxygen atoms in total. The monoisotopic (exact) mass is 221 g/mol. The number of nitriles is 1. The fourth-order valence-corrected chi connectivity index (χ4v) is 1.61. The van der Waals surface area contributed by atoms with E-state index in [9.17, 15) is 13.2 Å². The first kappa shape index (κ1) is 12.3. The first-order chi connectivity index (χ1) is 6.93. The second-order valence-corrected chi connectivity index (χ2v) is 3.86. The molecule has 2 N–H and O–H groups in total. The summed E-state index contributed by atoms with van der Waals surface area (Å²) < 4.78 is 36.8. The molecule has 0 aromatic heterocycles. The molecule has 0 radical (unpaired) electrons. The van der Waals surface area contributed by atoms with Crippen molar-refractivity contribution in [2.24, 2.45) is 11.7 Å². The number of rotatable bonds is 2. The molecule has 1 unspecified atom stereocenters. The highest BCUT2D eigenvalue weighted by Gasteiger charge is 2.41. The smallest absolute Gasteiger partial charge is 0.328 e. The van der Waals surface area contributed by atoms with E-state index in [2.05, 4.69) is 0 Å². The Morgan fingerprint density at radius 1 is 1.40 bits per heavy atom.